The predicted molar refractivity (Wildman–Crippen MR) is 90.0 cm³/mol. The first-order valence-electron chi connectivity index (χ1n) is 7.20. The van der Waals surface area contributed by atoms with Gasteiger partial charge in [-0.3, -0.25) is 4.98 Å². The molecule has 0 aliphatic carbocycles. The van der Waals surface area contributed by atoms with Crippen LogP contribution >= 0.6 is 11.3 Å². The maximum absolute atomic E-state index is 11.9. The third kappa shape index (κ3) is 3.75. The number of hydrogen-bond acceptors (Lipinski definition) is 7. The molecule has 0 aliphatic rings. The van der Waals surface area contributed by atoms with Crippen LogP contribution in [0.5, 0.6) is 5.75 Å². The molecular formula is C17H15N3O3S. The molecule has 122 valence electrons. The zero-order chi connectivity index (χ0) is 16.9. The molecule has 6 nitrogen and oxygen atoms in total. The molecular weight excluding hydrogens is 326 g/mol. The fourth-order valence-electron chi connectivity index (χ4n) is 1.97. The van der Waals surface area contributed by atoms with Crippen molar-refractivity contribution in [1.82, 2.24) is 15.0 Å². The lowest BCUT2D eigenvalue weighted by atomic mass is 10.2. The van der Waals surface area contributed by atoms with Crippen molar-refractivity contribution >= 4 is 17.3 Å². The second-order valence-electron chi connectivity index (χ2n) is 5.00. The van der Waals surface area contributed by atoms with E-state index in [2.05, 4.69) is 15.0 Å². The lowest BCUT2D eigenvalue weighted by Crippen LogP contribution is -2.08. The summed E-state index contributed by atoms with van der Waals surface area (Å²) in [5, 5.41) is 2.71. The lowest BCUT2D eigenvalue weighted by Gasteiger charge is -2.02. The van der Waals surface area contributed by atoms with Gasteiger partial charge in [-0.1, -0.05) is 12.1 Å². The monoisotopic (exact) mass is 341 g/mol. The summed E-state index contributed by atoms with van der Waals surface area (Å²) in [5.74, 6) is 0.257. The van der Waals surface area contributed by atoms with Gasteiger partial charge in [0, 0.05) is 17.1 Å². The first kappa shape index (κ1) is 16.1. The molecule has 7 heteroatoms. The predicted octanol–water partition coefficient (Wildman–Crippen LogP) is 3.27. The molecule has 24 heavy (non-hydrogen) atoms. The number of thiazole rings is 1. The van der Waals surface area contributed by atoms with Gasteiger partial charge in [-0.2, -0.15) is 0 Å². The Labute approximate surface area is 143 Å². The maximum Gasteiger partial charge on any atom is 0.358 e. The van der Waals surface area contributed by atoms with Crippen LogP contribution in [0.3, 0.4) is 0 Å². The number of aryl methyl sites for hydroxylation is 1. The van der Waals surface area contributed by atoms with Crippen molar-refractivity contribution in [1.29, 1.82) is 0 Å². The van der Waals surface area contributed by atoms with Gasteiger partial charge in [0.25, 0.3) is 0 Å². The third-order valence-electron chi connectivity index (χ3n) is 3.21. The number of nitrogens with zero attached hydrogens (tertiary/aromatic N) is 3. The summed E-state index contributed by atoms with van der Waals surface area (Å²) >= 11 is 1.49. The average Bonchev–Trinajstić information content (AvgIpc) is 3.09. The molecule has 3 rings (SSSR count). The number of hydrogen-bond donors (Lipinski definition) is 0. The minimum atomic E-state index is -0.515. The number of carbonyl (C=O) groups is 1. The minimum absolute atomic E-state index is 0.0921. The molecule has 0 radical (unpaired) electrons. The quantitative estimate of drug-likeness (QED) is 0.663. The number of aromatic nitrogens is 3. The second-order valence-corrected chi connectivity index (χ2v) is 5.85. The van der Waals surface area contributed by atoms with E-state index < -0.39 is 5.97 Å². The molecule has 2 aromatic heterocycles. The van der Waals surface area contributed by atoms with E-state index in [1.807, 2.05) is 29.6 Å². The molecule has 3 aromatic rings. The van der Waals surface area contributed by atoms with E-state index in [1.54, 1.807) is 14.0 Å². The topological polar surface area (TPSA) is 74.2 Å². The Hall–Kier alpha value is -2.80. The normalized spacial score (nSPS) is 10.4. The van der Waals surface area contributed by atoms with Crippen LogP contribution in [-0.4, -0.2) is 28.0 Å². The highest BCUT2D eigenvalue weighted by atomic mass is 32.1. The van der Waals surface area contributed by atoms with Gasteiger partial charge < -0.3 is 9.47 Å². The van der Waals surface area contributed by atoms with Gasteiger partial charge in [-0.25, -0.2) is 14.8 Å². The summed E-state index contributed by atoms with van der Waals surface area (Å²) in [5.41, 5.74) is 2.57. The summed E-state index contributed by atoms with van der Waals surface area (Å²) in [6.45, 7) is 1.90. The van der Waals surface area contributed by atoms with Crippen LogP contribution in [0.25, 0.3) is 10.6 Å². The van der Waals surface area contributed by atoms with Crippen LogP contribution in [0, 0.1) is 6.92 Å². The van der Waals surface area contributed by atoms with Gasteiger partial charge in [-0.15, -0.1) is 11.3 Å². The Morgan fingerprint density at radius 2 is 2.12 bits per heavy atom. The Morgan fingerprint density at radius 3 is 2.88 bits per heavy atom. The summed E-state index contributed by atoms with van der Waals surface area (Å²) in [4.78, 5) is 24.4. The van der Waals surface area contributed by atoms with Crippen molar-refractivity contribution in [2.24, 2.45) is 0 Å². The average molecular weight is 341 g/mol. The molecule has 0 unspecified atom stereocenters. The first-order chi connectivity index (χ1) is 11.7. The molecule has 0 aliphatic heterocycles. The molecule has 0 fully saturated rings. The van der Waals surface area contributed by atoms with Crippen molar-refractivity contribution in [3.8, 4) is 16.3 Å². The van der Waals surface area contributed by atoms with Gasteiger partial charge in [0.15, 0.2) is 5.69 Å². The van der Waals surface area contributed by atoms with Crippen LogP contribution in [0.1, 0.15) is 21.9 Å². The van der Waals surface area contributed by atoms with E-state index in [9.17, 15) is 4.79 Å². The van der Waals surface area contributed by atoms with Gasteiger partial charge in [0.1, 0.15) is 17.4 Å². The number of esters is 1. The van der Waals surface area contributed by atoms with Crippen molar-refractivity contribution in [3.05, 3.63) is 59.1 Å². The molecule has 2 heterocycles. The first-order valence-corrected chi connectivity index (χ1v) is 8.08. The second kappa shape index (κ2) is 7.18. The number of carbonyl (C=O) groups excluding carboxylic acids is 1. The largest absolute Gasteiger partial charge is 0.497 e. The fraction of sp³-hybridized carbons (Fsp3) is 0.176. The van der Waals surface area contributed by atoms with Crippen LogP contribution in [0.2, 0.25) is 0 Å². The van der Waals surface area contributed by atoms with E-state index in [-0.39, 0.29) is 12.3 Å². The smallest absolute Gasteiger partial charge is 0.358 e. The standard InChI is InChI=1S/C17H15N3O3S/c1-11-7-19-15(8-18-11)17(21)23-9-13-10-24-16(20-13)12-4-3-5-14(6-12)22-2/h3-8,10H,9H2,1-2H3. The Bertz CT molecular complexity index is 846. The van der Waals surface area contributed by atoms with Crippen LogP contribution in [-0.2, 0) is 11.3 Å². The van der Waals surface area contributed by atoms with Crippen molar-refractivity contribution < 1.29 is 14.3 Å². The van der Waals surface area contributed by atoms with Crippen molar-refractivity contribution in [2.75, 3.05) is 7.11 Å². The minimum Gasteiger partial charge on any atom is -0.497 e. The number of methoxy groups -OCH3 is 1. The number of rotatable bonds is 5. The molecule has 0 atom stereocenters. The van der Waals surface area contributed by atoms with Crippen LogP contribution in [0.4, 0.5) is 0 Å². The van der Waals surface area contributed by atoms with Gasteiger partial charge in [0.05, 0.1) is 24.7 Å². The molecule has 0 bridgehead atoms. The van der Waals surface area contributed by atoms with Gasteiger partial charge >= 0.3 is 5.97 Å². The maximum atomic E-state index is 11.9. The Kier molecular flexibility index (Phi) is 4.81. The summed E-state index contributed by atoms with van der Waals surface area (Å²) < 4.78 is 10.4. The SMILES string of the molecule is COc1cccc(-c2nc(COC(=O)c3cnc(C)cn3)cs2)c1. The van der Waals surface area contributed by atoms with E-state index >= 15 is 0 Å². The molecule has 0 saturated heterocycles. The van der Waals surface area contributed by atoms with Crippen molar-refractivity contribution in [3.63, 3.8) is 0 Å². The fourth-order valence-corrected chi connectivity index (χ4v) is 2.77. The van der Waals surface area contributed by atoms with Crippen LogP contribution < -0.4 is 4.74 Å². The highest BCUT2D eigenvalue weighted by molar-refractivity contribution is 7.13. The summed E-state index contributed by atoms with van der Waals surface area (Å²) in [6.07, 6.45) is 2.93. The molecule has 0 saturated carbocycles. The summed E-state index contributed by atoms with van der Waals surface area (Å²) in [7, 11) is 1.62. The van der Waals surface area contributed by atoms with E-state index in [4.69, 9.17) is 9.47 Å². The third-order valence-corrected chi connectivity index (χ3v) is 4.15. The Balaban J connectivity index is 1.65. The highest BCUT2D eigenvalue weighted by Gasteiger charge is 2.11. The number of benzene rings is 1. The zero-order valence-electron chi connectivity index (χ0n) is 13.2. The lowest BCUT2D eigenvalue weighted by molar-refractivity contribution is 0.0461. The molecule has 0 amide bonds. The Morgan fingerprint density at radius 1 is 1.25 bits per heavy atom. The molecule has 1 aromatic carbocycles. The zero-order valence-corrected chi connectivity index (χ0v) is 14.0. The highest BCUT2D eigenvalue weighted by Crippen LogP contribution is 2.27. The molecule has 0 spiro atoms. The summed E-state index contributed by atoms with van der Waals surface area (Å²) in [6, 6.07) is 7.66. The van der Waals surface area contributed by atoms with E-state index in [0.717, 1.165) is 22.0 Å². The molecule has 0 N–H and O–H groups in total. The van der Waals surface area contributed by atoms with Crippen LogP contribution in [0.15, 0.2) is 42.0 Å². The van der Waals surface area contributed by atoms with Gasteiger partial charge in [-0.05, 0) is 19.1 Å². The van der Waals surface area contributed by atoms with Gasteiger partial charge in [0.2, 0.25) is 0 Å². The van der Waals surface area contributed by atoms with E-state index in [0.29, 0.717) is 5.69 Å². The number of ether oxygens (including phenoxy) is 2. The van der Waals surface area contributed by atoms with E-state index in [1.165, 1.54) is 23.7 Å². The van der Waals surface area contributed by atoms with Crippen molar-refractivity contribution in [2.45, 2.75) is 13.5 Å².